The molecule has 5 aliphatic carbocycles. The molecule has 2 heteroatoms. The van der Waals surface area contributed by atoms with Crippen LogP contribution in [0.25, 0.3) is 5.57 Å². The smallest absolute Gasteiger partial charge is 0.0563 e. The number of aryl methyl sites for hydroxylation is 7. The number of nitrogens with zero attached hydrogens (tertiary/aromatic N) is 2. The van der Waals surface area contributed by atoms with Crippen molar-refractivity contribution in [3.8, 4) is 0 Å². The molecule has 0 radical (unpaired) electrons. The van der Waals surface area contributed by atoms with E-state index >= 15 is 0 Å². The number of para-hydroxylation sites is 2. The van der Waals surface area contributed by atoms with E-state index < -0.39 is 0 Å². The molecule has 5 aliphatic rings. The number of benzene rings is 6. The van der Waals surface area contributed by atoms with Gasteiger partial charge in [0.2, 0.25) is 0 Å². The minimum Gasteiger partial charge on any atom is -0.334 e. The van der Waals surface area contributed by atoms with E-state index in [1.54, 1.807) is 33.4 Å². The highest BCUT2D eigenvalue weighted by Crippen LogP contribution is 2.57. The Balaban J connectivity index is 1.000. The molecule has 0 saturated carbocycles. The molecule has 2 nitrogen and oxygen atoms in total. The number of allylic oxidation sites excluding steroid dienone is 5. The Kier molecular flexibility index (Phi) is 11.5. The minimum atomic E-state index is -0.0774. The van der Waals surface area contributed by atoms with Crippen molar-refractivity contribution >= 4 is 28.3 Å². The second kappa shape index (κ2) is 18.0. The van der Waals surface area contributed by atoms with Crippen molar-refractivity contribution < 1.29 is 0 Å². The van der Waals surface area contributed by atoms with Crippen molar-refractivity contribution in [2.75, 3.05) is 9.80 Å². The summed E-state index contributed by atoms with van der Waals surface area (Å²) in [5, 5.41) is 0. The predicted octanol–water partition coefficient (Wildman–Crippen LogP) is 15.8. The molecular weight excluding hydrogens is 785 g/mol. The Bertz CT molecular complexity index is 2760. The van der Waals surface area contributed by atoms with Gasteiger partial charge in [0.15, 0.2) is 0 Å². The summed E-state index contributed by atoms with van der Waals surface area (Å²) in [6.07, 6.45) is 28.8. The zero-order chi connectivity index (χ0) is 43.7. The first-order valence-electron chi connectivity index (χ1n) is 24.9. The summed E-state index contributed by atoms with van der Waals surface area (Å²) in [4.78, 5) is 5.14. The molecule has 0 saturated heterocycles. The van der Waals surface area contributed by atoms with Crippen molar-refractivity contribution in [1.82, 2.24) is 0 Å². The SMILES string of the molecule is Cc1cccc(N(c2ccccc2)C2C=CC3=C(C2)C(CCCCc2ccc4c(c2)CC4)(CCCCc2ccc4c(c2)CC4)c2cc(N(C4=CC(C)CC=C4)c4ccccc4)ccc23)c1. The van der Waals surface area contributed by atoms with E-state index in [0.717, 1.165) is 38.5 Å². The standard InChI is InChI=1S/C63H64N2/c1-45-15-13-23-55(39-45)64(53-19-5-3-6-20-53)57-33-35-59-60-36-34-58(65(54-21-7-4-8-22-54)56-24-14-16-46(2)40-56)44-62(60)63(61(59)43-57,37-11-9-17-47-25-27-49-29-31-51(49)41-47)38-12-10-18-48-26-28-50-30-32-52(50)42-48/h3-8,13-15,19-28,33-36,39-42,44,46,57H,9-12,16-18,29-32,37-38,43H2,1-2H3. The van der Waals surface area contributed by atoms with E-state index in [0.29, 0.717) is 5.92 Å². The number of fused-ring (bicyclic) bond motifs is 4. The minimum absolute atomic E-state index is 0.0774. The van der Waals surface area contributed by atoms with Crippen LogP contribution in [0, 0.1) is 12.8 Å². The average molecular weight is 849 g/mol. The number of hydrogen-bond acceptors (Lipinski definition) is 2. The Morgan fingerprint density at radius 1 is 0.569 bits per heavy atom. The Hall–Kier alpha value is -6.12. The molecule has 0 aromatic heterocycles. The van der Waals surface area contributed by atoms with Crippen LogP contribution >= 0.6 is 0 Å². The van der Waals surface area contributed by atoms with E-state index in [4.69, 9.17) is 0 Å². The molecule has 0 aliphatic heterocycles. The second-order valence-corrected chi connectivity index (χ2v) is 19.9. The van der Waals surface area contributed by atoms with Crippen LogP contribution in [0.15, 0.2) is 181 Å². The molecular formula is C63H64N2. The van der Waals surface area contributed by atoms with Crippen molar-refractivity contribution in [1.29, 1.82) is 0 Å². The van der Waals surface area contributed by atoms with Gasteiger partial charge in [-0.2, -0.15) is 0 Å². The molecule has 2 atom stereocenters. The van der Waals surface area contributed by atoms with Crippen LogP contribution in [0.4, 0.5) is 22.7 Å². The van der Waals surface area contributed by atoms with E-state index in [1.165, 1.54) is 108 Å². The molecule has 6 aromatic rings. The van der Waals surface area contributed by atoms with Gasteiger partial charge in [-0.05, 0) is 206 Å². The van der Waals surface area contributed by atoms with Gasteiger partial charge in [0.1, 0.15) is 0 Å². The van der Waals surface area contributed by atoms with Crippen LogP contribution in [0.1, 0.15) is 108 Å². The van der Waals surface area contributed by atoms with Gasteiger partial charge in [-0.15, -0.1) is 0 Å². The first kappa shape index (κ1) is 41.6. The fourth-order valence-electron chi connectivity index (χ4n) is 11.9. The zero-order valence-electron chi connectivity index (χ0n) is 38.6. The lowest BCUT2D eigenvalue weighted by Crippen LogP contribution is -2.35. The molecule has 2 unspecified atom stereocenters. The van der Waals surface area contributed by atoms with Gasteiger partial charge in [-0.1, -0.05) is 135 Å². The van der Waals surface area contributed by atoms with Gasteiger partial charge < -0.3 is 9.80 Å². The molecule has 6 aromatic carbocycles. The van der Waals surface area contributed by atoms with E-state index in [-0.39, 0.29) is 11.5 Å². The van der Waals surface area contributed by atoms with Crippen molar-refractivity contribution in [2.45, 2.75) is 115 Å². The zero-order valence-corrected chi connectivity index (χ0v) is 38.6. The maximum Gasteiger partial charge on any atom is 0.0563 e. The number of unbranched alkanes of at least 4 members (excludes halogenated alkanes) is 2. The molecule has 0 N–H and O–H groups in total. The summed E-state index contributed by atoms with van der Waals surface area (Å²) in [5.41, 5.74) is 22.9. The van der Waals surface area contributed by atoms with Gasteiger partial charge in [0.25, 0.3) is 0 Å². The summed E-state index contributed by atoms with van der Waals surface area (Å²) in [7, 11) is 0. The number of anilines is 4. The summed E-state index contributed by atoms with van der Waals surface area (Å²) in [6.45, 7) is 4.57. The monoisotopic (exact) mass is 849 g/mol. The van der Waals surface area contributed by atoms with Crippen LogP contribution in [0.5, 0.6) is 0 Å². The van der Waals surface area contributed by atoms with Gasteiger partial charge in [-0.25, -0.2) is 0 Å². The molecule has 11 rings (SSSR count). The predicted molar refractivity (Wildman–Crippen MR) is 275 cm³/mol. The highest BCUT2D eigenvalue weighted by molar-refractivity contribution is 5.90. The molecule has 65 heavy (non-hydrogen) atoms. The Morgan fingerprint density at radius 3 is 1.83 bits per heavy atom. The molecule has 326 valence electrons. The maximum absolute atomic E-state index is 2.64. The van der Waals surface area contributed by atoms with E-state index in [1.807, 2.05) is 0 Å². The normalized spacial score (nSPS) is 18.5. The van der Waals surface area contributed by atoms with Crippen LogP contribution < -0.4 is 9.80 Å². The van der Waals surface area contributed by atoms with Crippen molar-refractivity contribution in [3.05, 3.63) is 231 Å². The third kappa shape index (κ3) is 8.26. The Labute approximate surface area is 388 Å². The van der Waals surface area contributed by atoms with Crippen LogP contribution in [-0.2, 0) is 43.9 Å². The first-order chi connectivity index (χ1) is 32.0. The summed E-state index contributed by atoms with van der Waals surface area (Å²) in [5.74, 6) is 0.495. The molecule has 0 heterocycles. The molecule has 0 spiro atoms. The van der Waals surface area contributed by atoms with Crippen molar-refractivity contribution in [3.63, 3.8) is 0 Å². The molecule has 0 bridgehead atoms. The van der Waals surface area contributed by atoms with Gasteiger partial charge in [-0.3, -0.25) is 0 Å². The van der Waals surface area contributed by atoms with Gasteiger partial charge in [0.05, 0.1) is 6.04 Å². The summed E-state index contributed by atoms with van der Waals surface area (Å²) in [6, 6.07) is 53.7. The highest BCUT2D eigenvalue weighted by Gasteiger charge is 2.46. The van der Waals surface area contributed by atoms with E-state index in [2.05, 4.69) is 194 Å². The first-order valence-corrected chi connectivity index (χ1v) is 24.9. The van der Waals surface area contributed by atoms with Crippen LogP contribution in [0.3, 0.4) is 0 Å². The quantitative estimate of drug-likeness (QED) is 0.0896. The van der Waals surface area contributed by atoms with Crippen molar-refractivity contribution in [2.24, 2.45) is 5.92 Å². The second-order valence-electron chi connectivity index (χ2n) is 19.9. The largest absolute Gasteiger partial charge is 0.334 e. The lowest BCUT2D eigenvalue weighted by atomic mass is 9.67. The maximum atomic E-state index is 2.64. The van der Waals surface area contributed by atoms with Crippen LogP contribution in [0.2, 0.25) is 0 Å². The number of rotatable bonds is 16. The fourth-order valence-corrected chi connectivity index (χ4v) is 11.9. The topological polar surface area (TPSA) is 6.48 Å². The Morgan fingerprint density at radius 2 is 1.22 bits per heavy atom. The number of hydrogen-bond donors (Lipinski definition) is 0. The third-order valence-corrected chi connectivity index (χ3v) is 15.5. The molecule has 0 fully saturated rings. The van der Waals surface area contributed by atoms with Crippen LogP contribution in [-0.4, -0.2) is 6.04 Å². The lowest BCUT2D eigenvalue weighted by Gasteiger charge is -2.40. The highest BCUT2D eigenvalue weighted by atomic mass is 15.2. The fraction of sp³-hybridized carbons (Fsp3) is 0.302. The summed E-state index contributed by atoms with van der Waals surface area (Å²) < 4.78 is 0. The molecule has 0 amide bonds. The van der Waals surface area contributed by atoms with Gasteiger partial charge in [0, 0.05) is 33.9 Å². The summed E-state index contributed by atoms with van der Waals surface area (Å²) >= 11 is 0. The van der Waals surface area contributed by atoms with E-state index in [9.17, 15) is 0 Å². The lowest BCUT2D eigenvalue weighted by molar-refractivity contribution is 0.385. The van der Waals surface area contributed by atoms with Gasteiger partial charge >= 0.3 is 0 Å². The third-order valence-electron chi connectivity index (χ3n) is 15.5. The average Bonchev–Trinajstić information content (AvgIpc) is 3.57.